The summed E-state index contributed by atoms with van der Waals surface area (Å²) in [5.41, 5.74) is 0. The van der Waals surface area contributed by atoms with Crippen molar-refractivity contribution in [2.45, 2.75) is 26.3 Å². The second-order valence-corrected chi connectivity index (χ2v) is 4.30. The maximum Gasteiger partial charge on any atom is 0.0929 e. The van der Waals surface area contributed by atoms with Crippen LogP contribution in [-0.4, -0.2) is 25.2 Å². The average Bonchev–Trinajstić information content (AvgIpc) is 2.63. The molecule has 1 heterocycles. The molecule has 1 aromatic heterocycles. The number of thiazole rings is 1. The van der Waals surface area contributed by atoms with Gasteiger partial charge in [-0.25, -0.2) is 4.98 Å². The van der Waals surface area contributed by atoms with Crippen LogP contribution in [0.5, 0.6) is 0 Å². The van der Waals surface area contributed by atoms with E-state index in [1.165, 1.54) is 9.88 Å². The molecule has 0 aliphatic carbocycles. The van der Waals surface area contributed by atoms with E-state index >= 15 is 0 Å². The summed E-state index contributed by atoms with van der Waals surface area (Å²) in [7, 11) is 1.73. The van der Waals surface area contributed by atoms with E-state index in [2.05, 4.69) is 17.2 Å². The van der Waals surface area contributed by atoms with Crippen LogP contribution in [0, 0.1) is 0 Å². The quantitative estimate of drug-likeness (QED) is 0.703. The lowest BCUT2D eigenvalue weighted by Crippen LogP contribution is -2.10. The predicted molar refractivity (Wildman–Crippen MR) is 59.7 cm³/mol. The Hall–Kier alpha value is -0.450. The normalized spacial score (nSPS) is 10.7. The van der Waals surface area contributed by atoms with Crippen molar-refractivity contribution < 1.29 is 4.74 Å². The van der Waals surface area contributed by atoms with Gasteiger partial charge in [0.1, 0.15) is 0 Å². The van der Waals surface area contributed by atoms with Crippen LogP contribution in [0.2, 0.25) is 0 Å². The molecule has 1 N–H and O–H groups in total. The van der Waals surface area contributed by atoms with Crippen LogP contribution in [0.1, 0.15) is 23.2 Å². The molecule has 0 spiro atoms. The van der Waals surface area contributed by atoms with E-state index in [1.807, 2.05) is 6.20 Å². The van der Waals surface area contributed by atoms with Gasteiger partial charge in [0.15, 0.2) is 0 Å². The highest BCUT2D eigenvalue weighted by Gasteiger charge is 2.00. The molecule has 0 fully saturated rings. The molecule has 0 unspecified atom stereocenters. The van der Waals surface area contributed by atoms with Crippen molar-refractivity contribution in [1.29, 1.82) is 0 Å². The lowest BCUT2D eigenvalue weighted by atomic mass is 10.3. The molecule has 0 aliphatic rings. The maximum atomic E-state index is 5.00. The summed E-state index contributed by atoms with van der Waals surface area (Å²) < 4.78 is 5.00. The van der Waals surface area contributed by atoms with Gasteiger partial charge in [0.25, 0.3) is 0 Å². The fourth-order valence-electron chi connectivity index (χ4n) is 1.16. The maximum absolute atomic E-state index is 5.00. The molecule has 0 radical (unpaired) electrons. The van der Waals surface area contributed by atoms with Gasteiger partial charge in [0.2, 0.25) is 0 Å². The molecule has 1 aromatic rings. The number of methoxy groups -OCH3 is 1. The summed E-state index contributed by atoms with van der Waals surface area (Å²) in [5, 5.41) is 4.51. The number of hydrogen-bond acceptors (Lipinski definition) is 4. The van der Waals surface area contributed by atoms with E-state index in [1.54, 1.807) is 18.4 Å². The highest BCUT2D eigenvalue weighted by Crippen LogP contribution is 2.14. The second kappa shape index (κ2) is 6.92. The molecule has 0 aliphatic heterocycles. The van der Waals surface area contributed by atoms with E-state index in [0.29, 0.717) is 0 Å². The van der Waals surface area contributed by atoms with E-state index < -0.39 is 0 Å². The van der Waals surface area contributed by atoms with Gasteiger partial charge in [-0.3, -0.25) is 0 Å². The molecular formula is C10H18N2OS. The zero-order valence-corrected chi connectivity index (χ0v) is 9.69. The van der Waals surface area contributed by atoms with Crippen LogP contribution < -0.4 is 5.32 Å². The number of aryl methyl sites for hydroxylation is 1. The van der Waals surface area contributed by atoms with Gasteiger partial charge in [-0.05, 0) is 13.0 Å². The van der Waals surface area contributed by atoms with Crippen molar-refractivity contribution in [3.63, 3.8) is 0 Å². The highest BCUT2D eigenvalue weighted by atomic mass is 32.1. The van der Waals surface area contributed by atoms with Crippen molar-refractivity contribution in [3.05, 3.63) is 16.1 Å². The van der Waals surface area contributed by atoms with E-state index in [0.717, 1.165) is 32.5 Å². The van der Waals surface area contributed by atoms with Gasteiger partial charge >= 0.3 is 0 Å². The molecule has 80 valence electrons. The second-order valence-electron chi connectivity index (χ2n) is 3.10. The fourth-order valence-corrected chi connectivity index (χ4v) is 2.10. The van der Waals surface area contributed by atoms with Crippen molar-refractivity contribution in [3.8, 4) is 0 Å². The third-order valence-corrected chi connectivity index (χ3v) is 2.95. The zero-order chi connectivity index (χ0) is 10.2. The van der Waals surface area contributed by atoms with Gasteiger partial charge in [0.05, 0.1) is 5.01 Å². The van der Waals surface area contributed by atoms with Crippen LogP contribution in [0.25, 0.3) is 0 Å². The summed E-state index contributed by atoms with van der Waals surface area (Å²) in [6, 6.07) is 0. The van der Waals surface area contributed by atoms with Crippen molar-refractivity contribution >= 4 is 11.3 Å². The Morgan fingerprint density at radius 1 is 1.57 bits per heavy atom. The Labute approximate surface area is 89.5 Å². The van der Waals surface area contributed by atoms with Crippen LogP contribution in [-0.2, 0) is 17.7 Å². The predicted octanol–water partition coefficient (Wildman–Crippen LogP) is 1.83. The molecule has 3 nitrogen and oxygen atoms in total. The topological polar surface area (TPSA) is 34.2 Å². The summed E-state index contributed by atoms with van der Waals surface area (Å²) in [4.78, 5) is 5.68. The first-order valence-corrected chi connectivity index (χ1v) is 5.81. The Morgan fingerprint density at radius 3 is 3.14 bits per heavy atom. The molecule has 0 atom stereocenters. The minimum atomic E-state index is 0.822. The van der Waals surface area contributed by atoms with Crippen molar-refractivity contribution in [2.75, 3.05) is 20.3 Å². The lowest BCUT2D eigenvalue weighted by molar-refractivity contribution is 0.195. The number of nitrogens with zero attached hydrogens (tertiary/aromatic N) is 1. The highest BCUT2D eigenvalue weighted by molar-refractivity contribution is 7.11. The minimum Gasteiger partial charge on any atom is -0.385 e. The minimum absolute atomic E-state index is 0.822. The van der Waals surface area contributed by atoms with Gasteiger partial charge in [-0.1, -0.05) is 6.92 Å². The zero-order valence-electron chi connectivity index (χ0n) is 8.88. The molecule has 4 heteroatoms. The summed E-state index contributed by atoms with van der Waals surface area (Å²) in [6.45, 7) is 4.89. The van der Waals surface area contributed by atoms with E-state index in [9.17, 15) is 0 Å². The third-order valence-electron chi connectivity index (χ3n) is 1.89. The number of ether oxygens (including phenoxy) is 1. The Balaban J connectivity index is 2.27. The lowest BCUT2D eigenvalue weighted by Gasteiger charge is -1.96. The molecule has 0 amide bonds. The summed E-state index contributed by atoms with van der Waals surface area (Å²) >= 11 is 1.79. The van der Waals surface area contributed by atoms with Gasteiger partial charge < -0.3 is 10.1 Å². The Morgan fingerprint density at radius 2 is 2.43 bits per heavy atom. The molecule has 14 heavy (non-hydrogen) atoms. The first kappa shape index (κ1) is 11.6. The average molecular weight is 214 g/mol. The van der Waals surface area contributed by atoms with Crippen molar-refractivity contribution in [2.24, 2.45) is 0 Å². The third kappa shape index (κ3) is 4.17. The molecular weight excluding hydrogens is 196 g/mol. The number of rotatable bonds is 7. The molecule has 0 saturated heterocycles. The molecule has 0 bridgehead atoms. The standard InChI is InChI=1S/C10H18N2OS/c1-3-11-7-9-8-12-10(14-9)5-4-6-13-2/h8,11H,3-7H2,1-2H3. The van der Waals surface area contributed by atoms with E-state index in [-0.39, 0.29) is 0 Å². The van der Waals surface area contributed by atoms with Crippen LogP contribution in [0.4, 0.5) is 0 Å². The van der Waals surface area contributed by atoms with Gasteiger partial charge in [0, 0.05) is 37.8 Å². The van der Waals surface area contributed by atoms with Gasteiger partial charge in [-0.15, -0.1) is 11.3 Å². The first-order chi connectivity index (χ1) is 6.86. The molecule has 0 saturated carbocycles. The Kier molecular flexibility index (Phi) is 5.75. The smallest absolute Gasteiger partial charge is 0.0929 e. The summed E-state index contributed by atoms with van der Waals surface area (Å²) in [6.07, 6.45) is 4.06. The molecule has 1 rings (SSSR count). The SMILES string of the molecule is CCNCc1cnc(CCCOC)s1. The largest absolute Gasteiger partial charge is 0.385 e. The first-order valence-electron chi connectivity index (χ1n) is 5.00. The monoisotopic (exact) mass is 214 g/mol. The number of nitrogens with one attached hydrogen (secondary N) is 1. The molecule has 0 aromatic carbocycles. The van der Waals surface area contributed by atoms with Crippen molar-refractivity contribution in [1.82, 2.24) is 10.3 Å². The van der Waals surface area contributed by atoms with E-state index in [4.69, 9.17) is 4.74 Å². The fraction of sp³-hybridized carbons (Fsp3) is 0.700. The van der Waals surface area contributed by atoms with Gasteiger partial charge in [-0.2, -0.15) is 0 Å². The van der Waals surface area contributed by atoms with Crippen LogP contribution >= 0.6 is 11.3 Å². The van der Waals surface area contributed by atoms with Crippen LogP contribution in [0.15, 0.2) is 6.20 Å². The summed E-state index contributed by atoms with van der Waals surface area (Å²) in [5.74, 6) is 0. The Bertz CT molecular complexity index is 250. The van der Waals surface area contributed by atoms with Crippen LogP contribution in [0.3, 0.4) is 0 Å². The number of hydrogen-bond donors (Lipinski definition) is 1. The number of aromatic nitrogens is 1.